The van der Waals surface area contributed by atoms with Gasteiger partial charge in [0, 0.05) is 30.2 Å². The molecule has 4 rings (SSSR count). The predicted molar refractivity (Wildman–Crippen MR) is 142 cm³/mol. The molecule has 0 aliphatic heterocycles. The summed E-state index contributed by atoms with van der Waals surface area (Å²) in [6, 6.07) is 11.9. The molecule has 2 aromatic carbocycles. The molecule has 1 fully saturated rings. The Labute approximate surface area is 225 Å². The highest BCUT2D eigenvalue weighted by Gasteiger charge is 2.32. The summed E-state index contributed by atoms with van der Waals surface area (Å²) in [4.78, 5) is 30.6. The predicted octanol–water partition coefficient (Wildman–Crippen LogP) is 4.98. The van der Waals surface area contributed by atoms with Crippen molar-refractivity contribution < 1.29 is 26.4 Å². The molecule has 208 valence electrons. The van der Waals surface area contributed by atoms with Gasteiger partial charge in [0.05, 0.1) is 17.0 Å². The molecule has 0 saturated heterocycles. The van der Waals surface area contributed by atoms with Crippen LogP contribution >= 0.6 is 0 Å². The molecule has 11 heteroatoms. The van der Waals surface area contributed by atoms with Crippen molar-refractivity contribution in [2.24, 2.45) is 0 Å². The molecule has 39 heavy (non-hydrogen) atoms. The van der Waals surface area contributed by atoms with Crippen LogP contribution in [0.15, 0.2) is 64.3 Å². The first-order chi connectivity index (χ1) is 18.3. The number of nitrogens with one attached hydrogen (secondary N) is 2. The van der Waals surface area contributed by atoms with E-state index in [4.69, 9.17) is 0 Å². The van der Waals surface area contributed by atoms with Crippen LogP contribution in [0.4, 0.5) is 18.9 Å². The highest BCUT2D eigenvalue weighted by molar-refractivity contribution is 7.90. The van der Waals surface area contributed by atoms with E-state index in [1.54, 1.807) is 6.92 Å². The van der Waals surface area contributed by atoms with E-state index in [-0.39, 0.29) is 22.7 Å². The van der Waals surface area contributed by atoms with Crippen molar-refractivity contribution in [2.75, 3.05) is 11.2 Å². The normalized spacial score (nSPS) is 14.5. The minimum Gasteiger partial charge on any atom is -0.325 e. The second-order valence-corrected chi connectivity index (χ2v) is 11.9. The monoisotopic (exact) mass is 561 g/mol. The molecule has 3 aromatic rings. The number of aryl methyl sites for hydroxylation is 1. The summed E-state index contributed by atoms with van der Waals surface area (Å²) in [6.45, 7) is 1.98. The van der Waals surface area contributed by atoms with Crippen LogP contribution in [0, 0.1) is 6.92 Å². The number of carbonyl (C=O) groups is 1. The number of sulfone groups is 1. The van der Waals surface area contributed by atoms with Crippen LogP contribution in [0.5, 0.6) is 0 Å². The molecular weight excluding hydrogens is 531 g/mol. The highest BCUT2D eigenvalue weighted by atomic mass is 32.2. The lowest BCUT2D eigenvalue weighted by atomic mass is 10.1. The fourth-order valence-electron chi connectivity index (χ4n) is 4.69. The summed E-state index contributed by atoms with van der Waals surface area (Å²) in [6.07, 6.45) is 0.809. The maximum atomic E-state index is 13.8. The largest absolute Gasteiger partial charge is 0.416 e. The molecule has 1 aromatic heterocycles. The number of pyridine rings is 1. The van der Waals surface area contributed by atoms with Gasteiger partial charge in [0.2, 0.25) is 0 Å². The topological polar surface area (TPSA) is 99.3 Å². The maximum absolute atomic E-state index is 13.8. The summed E-state index contributed by atoms with van der Waals surface area (Å²) in [5, 5.41) is 3.45. The summed E-state index contributed by atoms with van der Waals surface area (Å²) >= 11 is 0. The number of halogens is 3. The average molecular weight is 562 g/mol. The molecule has 1 heterocycles. The van der Waals surface area contributed by atoms with Gasteiger partial charge in [0.1, 0.15) is 5.56 Å². The SMILES string of the molecule is Cc1[nH]c(=O)c(C(=O)N(Cc2ccc(S(C)(=O)=O)cc2)c2cccc(C(F)(F)F)c2)cc1CNC1CCCC1. The summed E-state index contributed by atoms with van der Waals surface area (Å²) in [5.74, 6) is -0.773. The number of rotatable bonds is 8. The number of nitrogens with zero attached hydrogens (tertiary/aromatic N) is 1. The second kappa shape index (κ2) is 11.4. The zero-order chi connectivity index (χ0) is 28.4. The van der Waals surface area contributed by atoms with Crippen LogP contribution in [0.3, 0.4) is 0 Å². The zero-order valence-corrected chi connectivity index (χ0v) is 22.5. The number of hydrogen-bond acceptors (Lipinski definition) is 5. The van der Waals surface area contributed by atoms with E-state index in [2.05, 4.69) is 10.3 Å². The van der Waals surface area contributed by atoms with Crippen molar-refractivity contribution in [2.45, 2.75) is 62.8 Å². The smallest absolute Gasteiger partial charge is 0.325 e. The van der Waals surface area contributed by atoms with Gasteiger partial charge in [-0.3, -0.25) is 9.59 Å². The molecule has 1 saturated carbocycles. The van der Waals surface area contributed by atoms with Crippen LogP contribution in [-0.4, -0.2) is 31.6 Å². The first kappa shape index (κ1) is 28.6. The number of carbonyl (C=O) groups excluding carboxylic acids is 1. The quantitative estimate of drug-likeness (QED) is 0.404. The van der Waals surface area contributed by atoms with Crippen molar-refractivity contribution in [1.82, 2.24) is 10.3 Å². The van der Waals surface area contributed by atoms with Crippen LogP contribution < -0.4 is 15.8 Å². The minimum absolute atomic E-state index is 0.0485. The van der Waals surface area contributed by atoms with Crippen LogP contribution in [0.25, 0.3) is 0 Å². The van der Waals surface area contributed by atoms with Gasteiger partial charge in [0.15, 0.2) is 9.84 Å². The molecule has 1 aliphatic carbocycles. The molecule has 0 unspecified atom stereocenters. The van der Waals surface area contributed by atoms with Gasteiger partial charge in [-0.25, -0.2) is 8.42 Å². The molecule has 7 nitrogen and oxygen atoms in total. The lowest BCUT2D eigenvalue weighted by Gasteiger charge is -2.24. The summed E-state index contributed by atoms with van der Waals surface area (Å²) < 4.78 is 64.1. The zero-order valence-electron chi connectivity index (χ0n) is 21.6. The Kier molecular flexibility index (Phi) is 8.31. The number of amides is 1. The van der Waals surface area contributed by atoms with Crippen molar-refractivity contribution in [3.63, 3.8) is 0 Å². The van der Waals surface area contributed by atoms with E-state index in [0.29, 0.717) is 29.4 Å². The van der Waals surface area contributed by atoms with Crippen molar-refractivity contribution in [3.05, 3.63) is 92.9 Å². The Morgan fingerprint density at radius 1 is 1.08 bits per heavy atom. The van der Waals surface area contributed by atoms with Gasteiger partial charge < -0.3 is 15.2 Å². The molecule has 1 aliphatic rings. The van der Waals surface area contributed by atoms with E-state index in [1.807, 2.05) is 0 Å². The first-order valence-corrected chi connectivity index (χ1v) is 14.5. The van der Waals surface area contributed by atoms with E-state index in [0.717, 1.165) is 49.0 Å². The number of anilines is 1. The summed E-state index contributed by atoms with van der Waals surface area (Å²) in [5.41, 5.74) is -0.0483. The van der Waals surface area contributed by atoms with Crippen molar-refractivity contribution >= 4 is 21.4 Å². The molecule has 1 amide bonds. The third kappa shape index (κ3) is 6.96. The Balaban J connectivity index is 1.72. The second-order valence-electron chi connectivity index (χ2n) is 9.88. The van der Waals surface area contributed by atoms with Crippen LogP contribution in [0.2, 0.25) is 0 Å². The van der Waals surface area contributed by atoms with Gasteiger partial charge >= 0.3 is 6.18 Å². The maximum Gasteiger partial charge on any atom is 0.416 e. The third-order valence-electron chi connectivity index (χ3n) is 6.94. The Hall–Kier alpha value is -3.44. The lowest BCUT2D eigenvalue weighted by Crippen LogP contribution is -2.35. The van der Waals surface area contributed by atoms with E-state index < -0.39 is 33.0 Å². The Morgan fingerprint density at radius 2 is 1.74 bits per heavy atom. The van der Waals surface area contributed by atoms with Gasteiger partial charge in [-0.15, -0.1) is 0 Å². The molecule has 0 bridgehead atoms. The fraction of sp³-hybridized carbons (Fsp3) is 0.357. The number of aromatic amines is 1. The average Bonchev–Trinajstić information content (AvgIpc) is 3.39. The van der Waals surface area contributed by atoms with Gasteiger partial charge in [0.25, 0.3) is 11.5 Å². The molecule has 0 spiro atoms. The third-order valence-corrected chi connectivity index (χ3v) is 8.06. The number of hydrogen-bond donors (Lipinski definition) is 2. The standard InChI is InChI=1S/C28H30F3N3O4S/c1-18-20(16-32-22-7-3-4-8-22)14-25(26(35)33-18)27(36)34(23-9-5-6-21(15-23)28(29,30)31)17-19-10-12-24(13-11-19)39(2,37)38/h5-6,9-15,22,32H,3-4,7-8,16-17H2,1-2H3,(H,33,35). The van der Waals surface area contributed by atoms with Crippen LogP contribution in [0.1, 0.15) is 58.4 Å². The van der Waals surface area contributed by atoms with Gasteiger partial charge in [-0.05, 0) is 67.3 Å². The Bertz CT molecular complexity index is 1510. The van der Waals surface area contributed by atoms with E-state index in [9.17, 15) is 31.2 Å². The number of aromatic nitrogens is 1. The number of alkyl halides is 3. The highest BCUT2D eigenvalue weighted by Crippen LogP contribution is 2.32. The molecule has 0 radical (unpaired) electrons. The minimum atomic E-state index is -4.64. The summed E-state index contributed by atoms with van der Waals surface area (Å²) in [7, 11) is -3.46. The first-order valence-electron chi connectivity index (χ1n) is 12.6. The lowest BCUT2D eigenvalue weighted by molar-refractivity contribution is -0.137. The fourth-order valence-corrected chi connectivity index (χ4v) is 5.32. The number of H-pyrrole nitrogens is 1. The van der Waals surface area contributed by atoms with E-state index >= 15 is 0 Å². The van der Waals surface area contributed by atoms with Crippen molar-refractivity contribution in [1.29, 1.82) is 0 Å². The van der Waals surface area contributed by atoms with E-state index in [1.165, 1.54) is 42.5 Å². The number of benzene rings is 2. The van der Waals surface area contributed by atoms with Gasteiger partial charge in [-0.2, -0.15) is 13.2 Å². The molecule has 2 N–H and O–H groups in total. The van der Waals surface area contributed by atoms with Gasteiger partial charge in [-0.1, -0.05) is 31.0 Å². The van der Waals surface area contributed by atoms with Crippen LogP contribution in [-0.2, 0) is 29.1 Å². The Morgan fingerprint density at radius 3 is 2.36 bits per heavy atom. The molecule has 0 atom stereocenters. The molecular formula is C28H30F3N3O4S. The van der Waals surface area contributed by atoms with Crippen molar-refractivity contribution in [3.8, 4) is 0 Å².